The van der Waals surface area contributed by atoms with Crippen LogP contribution in [0, 0.1) is 0 Å². The zero-order valence-corrected chi connectivity index (χ0v) is 12.3. The van der Waals surface area contributed by atoms with Gasteiger partial charge in [0.25, 0.3) is 0 Å². The molecule has 0 saturated carbocycles. The van der Waals surface area contributed by atoms with E-state index in [1.54, 1.807) is 12.4 Å². The molecule has 23 heavy (non-hydrogen) atoms. The number of ether oxygens (including phenoxy) is 1. The number of benzene rings is 2. The monoisotopic (exact) mass is 302 g/mol. The number of hydrogen-bond donors (Lipinski definition) is 1. The fourth-order valence-electron chi connectivity index (χ4n) is 2.47. The van der Waals surface area contributed by atoms with Gasteiger partial charge in [0.15, 0.2) is 0 Å². The van der Waals surface area contributed by atoms with E-state index < -0.39 is 0 Å². The van der Waals surface area contributed by atoms with E-state index in [1.807, 2.05) is 65.1 Å². The lowest BCUT2D eigenvalue weighted by atomic mass is 10.2. The molecule has 2 N–H and O–H groups in total. The predicted octanol–water partition coefficient (Wildman–Crippen LogP) is 3.77. The number of imidazole rings is 1. The summed E-state index contributed by atoms with van der Waals surface area (Å²) in [6.45, 7) is 0. The number of aromatic nitrogens is 3. The van der Waals surface area contributed by atoms with Crippen LogP contribution in [0.25, 0.3) is 16.9 Å². The van der Waals surface area contributed by atoms with Crippen molar-refractivity contribution in [2.75, 3.05) is 5.73 Å². The third-order valence-corrected chi connectivity index (χ3v) is 3.56. The average Bonchev–Trinajstić information content (AvgIpc) is 3.02. The molecule has 2 heterocycles. The van der Waals surface area contributed by atoms with Crippen molar-refractivity contribution in [3.63, 3.8) is 0 Å². The Morgan fingerprint density at radius 2 is 1.57 bits per heavy atom. The van der Waals surface area contributed by atoms with Crippen molar-refractivity contribution in [3.8, 4) is 22.9 Å². The molecule has 2 aromatic heterocycles. The summed E-state index contributed by atoms with van der Waals surface area (Å²) in [4.78, 5) is 8.56. The minimum Gasteiger partial charge on any atom is -0.457 e. The maximum atomic E-state index is 5.96. The Balaban J connectivity index is 1.67. The molecule has 0 saturated heterocycles. The van der Waals surface area contributed by atoms with Gasteiger partial charge in [0, 0.05) is 11.8 Å². The Morgan fingerprint density at radius 1 is 0.826 bits per heavy atom. The number of para-hydroxylation sites is 1. The average molecular weight is 302 g/mol. The summed E-state index contributed by atoms with van der Waals surface area (Å²) >= 11 is 0. The van der Waals surface area contributed by atoms with Gasteiger partial charge in [-0.25, -0.2) is 9.97 Å². The molecule has 112 valence electrons. The van der Waals surface area contributed by atoms with Crippen LogP contribution in [0.2, 0.25) is 0 Å². The highest BCUT2D eigenvalue weighted by molar-refractivity contribution is 5.65. The van der Waals surface area contributed by atoms with Gasteiger partial charge >= 0.3 is 0 Å². The molecule has 0 atom stereocenters. The van der Waals surface area contributed by atoms with E-state index in [-0.39, 0.29) is 0 Å². The number of rotatable bonds is 3. The lowest BCUT2D eigenvalue weighted by Crippen LogP contribution is -2.00. The summed E-state index contributed by atoms with van der Waals surface area (Å²) < 4.78 is 7.62. The zero-order valence-electron chi connectivity index (χ0n) is 12.3. The molecular formula is C18H14N4O. The Morgan fingerprint density at radius 3 is 2.35 bits per heavy atom. The summed E-state index contributed by atoms with van der Waals surface area (Å²) in [7, 11) is 0. The molecule has 0 aliphatic rings. The molecule has 0 aliphatic heterocycles. The van der Waals surface area contributed by atoms with Gasteiger partial charge in [-0.1, -0.05) is 18.2 Å². The van der Waals surface area contributed by atoms with Crippen LogP contribution in [0.1, 0.15) is 0 Å². The van der Waals surface area contributed by atoms with Crippen LogP contribution in [-0.2, 0) is 0 Å². The molecule has 0 radical (unpaired) electrons. The molecule has 4 rings (SSSR count). The van der Waals surface area contributed by atoms with Gasteiger partial charge in [-0.3, -0.25) is 4.40 Å². The Kier molecular flexibility index (Phi) is 3.16. The van der Waals surface area contributed by atoms with Crippen LogP contribution in [0.3, 0.4) is 0 Å². The zero-order chi connectivity index (χ0) is 15.6. The molecule has 0 bridgehead atoms. The largest absolute Gasteiger partial charge is 0.457 e. The molecule has 0 spiro atoms. The maximum absolute atomic E-state index is 5.96. The molecule has 0 aliphatic carbocycles. The minimum atomic E-state index is 0.416. The van der Waals surface area contributed by atoms with Crippen molar-refractivity contribution in [1.82, 2.24) is 14.4 Å². The van der Waals surface area contributed by atoms with Crippen LogP contribution < -0.4 is 10.5 Å². The molecule has 0 fully saturated rings. The highest BCUT2D eigenvalue weighted by Crippen LogP contribution is 2.26. The smallest absolute Gasteiger partial charge is 0.206 e. The first-order valence-corrected chi connectivity index (χ1v) is 7.22. The third kappa shape index (κ3) is 2.48. The molecular weight excluding hydrogens is 288 g/mol. The normalized spacial score (nSPS) is 10.8. The number of nitrogens with zero attached hydrogens (tertiary/aromatic N) is 3. The van der Waals surface area contributed by atoms with Gasteiger partial charge in [-0.15, -0.1) is 0 Å². The first-order chi connectivity index (χ1) is 11.3. The summed E-state index contributed by atoms with van der Waals surface area (Å²) in [5.74, 6) is 2.75. The first-order valence-electron chi connectivity index (χ1n) is 7.22. The highest BCUT2D eigenvalue weighted by atomic mass is 16.5. The van der Waals surface area contributed by atoms with Crippen molar-refractivity contribution in [3.05, 3.63) is 73.1 Å². The number of anilines is 1. The van der Waals surface area contributed by atoms with Gasteiger partial charge in [-0.2, -0.15) is 0 Å². The summed E-state index contributed by atoms with van der Waals surface area (Å²) in [6, 6.07) is 19.3. The molecule has 0 amide bonds. The summed E-state index contributed by atoms with van der Waals surface area (Å²) in [5, 5.41) is 0. The van der Waals surface area contributed by atoms with E-state index in [1.165, 1.54) is 0 Å². The summed E-state index contributed by atoms with van der Waals surface area (Å²) in [6.07, 6.45) is 3.45. The molecule has 2 aromatic carbocycles. The van der Waals surface area contributed by atoms with Crippen molar-refractivity contribution in [2.24, 2.45) is 0 Å². The number of nitrogens with two attached hydrogens (primary N) is 1. The van der Waals surface area contributed by atoms with Crippen molar-refractivity contribution < 1.29 is 4.74 Å². The van der Waals surface area contributed by atoms with Gasteiger partial charge < -0.3 is 10.5 Å². The maximum Gasteiger partial charge on any atom is 0.206 e. The van der Waals surface area contributed by atoms with Crippen molar-refractivity contribution in [1.29, 1.82) is 0 Å². The van der Waals surface area contributed by atoms with Gasteiger partial charge in [0.2, 0.25) is 5.95 Å². The highest BCUT2D eigenvalue weighted by Gasteiger charge is 2.09. The Hall–Kier alpha value is -3.34. The van der Waals surface area contributed by atoms with Crippen LogP contribution in [0.5, 0.6) is 11.5 Å². The van der Waals surface area contributed by atoms with Crippen LogP contribution in [0.4, 0.5) is 5.95 Å². The van der Waals surface area contributed by atoms with Gasteiger partial charge in [0.05, 0.1) is 11.7 Å². The topological polar surface area (TPSA) is 65.4 Å². The van der Waals surface area contributed by atoms with E-state index in [0.29, 0.717) is 5.95 Å². The van der Waals surface area contributed by atoms with Gasteiger partial charge in [0.1, 0.15) is 17.3 Å². The Labute approximate surface area is 133 Å². The number of nitrogen functional groups attached to an aromatic ring is 1. The summed E-state index contributed by atoms with van der Waals surface area (Å²) in [5.41, 5.74) is 7.82. The quantitative estimate of drug-likeness (QED) is 0.625. The fraction of sp³-hybridized carbons (Fsp3) is 0. The minimum absolute atomic E-state index is 0.416. The van der Waals surface area contributed by atoms with Crippen LogP contribution in [0.15, 0.2) is 73.1 Å². The standard InChI is InChI=1S/C18H14N4O/c19-18-20-11-10-14-12-21-17(22(14)18)13-6-8-16(9-7-13)23-15-4-2-1-3-5-15/h1-12H,(H2,19,20). The fourth-order valence-corrected chi connectivity index (χ4v) is 2.47. The van der Waals surface area contributed by atoms with E-state index >= 15 is 0 Å². The second kappa shape index (κ2) is 5.46. The van der Waals surface area contributed by atoms with Crippen molar-refractivity contribution >= 4 is 11.5 Å². The van der Waals surface area contributed by atoms with E-state index in [0.717, 1.165) is 28.4 Å². The van der Waals surface area contributed by atoms with Crippen LogP contribution >= 0.6 is 0 Å². The van der Waals surface area contributed by atoms with E-state index in [9.17, 15) is 0 Å². The molecule has 4 aromatic rings. The Bertz CT molecular complexity index is 946. The van der Waals surface area contributed by atoms with E-state index in [2.05, 4.69) is 9.97 Å². The van der Waals surface area contributed by atoms with E-state index in [4.69, 9.17) is 10.5 Å². The number of fused-ring (bicyclic) bond motifs is 1. The predicted molar refractivity (Wildman–Crippen MR) is 89.4 cm³/mol. The second-order valence-corrected chi connectivity index (χ2v) is 5.08. The second-order valence-electron chi connectivity index (χ2n) is 5.08. The molecule has 5 heteroatoms. The third-order valence-electron chi connectivity index (χ3n) is 3.56. The first kappa shape index (κ1) is 13.3. The van der Waals surface area contributed by atoms with Gasteiger partial charge in [-0.05, 0) is 42.5 Å². The van der Waals surface area contributed by atoms with Crippen molar-refractivity contribution in [2.45, 2.75) is 0 Å². The molecule has 5 nitrogen and oxygen atoms in total. The number of hydrogen-bond acceptors (Lipinski definition) is 4. The lowest BCUT2D eigenvalue weighted by molar-refractivity contribution is 0.483. The SMILES string of the molecule is Nc1nccc2cnc(-c3ccc(Oc4ccccc4)cc3)n12. The lowest BCUT2D eigenvalue weighted by Gasteiger charge is -2.07. The van der Waals surface area contributed by atoms with Crippen LogP contribution in [-0.4, -0.2) is 14.4 Å². The molecule has 0 unspecified atom stereocenters.